The number of benzene rings is 2. The molecule has 29 heavy (non-hydrogen) atoms. The van der Waals surface area contributed by atoms with Gasteiger partial charge >= 0.3 is 0 Å². The van der Waals surface area contributed by atoms with Gasteiger partial charge in [-0.1, -0.05) is 58.9 Å². The first-order chi connectivity index (χ1) is 13.6. The van der Waals surface area contributed by atoms with E-state index >= 15 is 0 Å². The van der Waals surface area contributed by atoms with Crippen LogP contribution in [0.4, 0.5) is 0 Å². The highest BCUT2D eigenvalue weighted by Gasteiger charge is 2.21. The molecule has 0 bridgehead atoms. The van der Waals surface area contributed by atoms with Crippen LogP contribution < -0.4 is 4.74 Å². The van der Waals surface area contributed by atoms with E-state index in [1.165, 1.54) is 18.9 Å². The molecule has 2 aromatic rings. The third kappa shape index (κ3) is 7.48. The molecule has 3 unspecified atom stereocenters. The Balaban J connectivity index is 2.19. The van der Waals surface area contributed by atoms with Crippen molar-refractivity contribution in [3.05, 3.63) is 54.1 Å². The maximum Gasteiger partial charge on any atom is 0.298 e. The summed E-state index contributed by atoms with van der Waals surface area (Å²) in [5, 5.41) is 0. The van der Waals surface area contributed by atoms with Gasteiger partial charge < -0.3 is 4.74 Å². The summed E-state index contributed by atoms with van der Waals surface area (Å²) in [5.74, 6) is 2.90. The van der Waals surface area contributed by atoms with E-state index < -0.39 is 10.1 Å². The lowest BCUT2D eigenvalue weighted by Gasteiger charge is -2.22. The Morgan fingerprint density at radius 2 is 1.48 bits per heavy atom. The quantitative estimate of drug-likeness (QED) is 0.425. The zero-order valence-corrected chi connectivity index (χ0v) is 18.9. The molecule has 0 spiro atoms. The van der Waals surface area contributed by atoms with E-state index in [9.17, 15) is 13.0 Å². The molecule has 0 saturated heterocycles. The third-order valence-electron chi connectivity index (χ3n) is 5.22. The van der Waals surface area contributed by atoms with Crippen molar-refractivity contribution in [1.29, 1.82) is 0 Å². The van der Waals surface area contributed by atoms with Crippen LogP contribution in [0.1, 0.15) is 65.4 Å². The summed E-state index contributed by atoms with van der Waals surface area (Å²) < 4.78 is 39.0. The molecule has 160 valence electrons. The summed E-state index contributed by atoms with van der Waals surface area (Å²) in [4.78, 5) is -0.212. The Labute approximate surface area is 176 Å². The highest BCUT2D eigenvalue weighted by Crippen LogP contribution is 2.35. The van der Waals surface area contributed by atoms with Crippen LogP contribution in [0, 0.1) is 17.8 Å². The van der Waals surface area contributed by atoms with Crippen molar-refractivity contribution in [3.8, 4) is 11.5 Å². The average Bonchev–Trinajstić information content (AvgIpc) is 2.60. The SMILES string of the molecule is CC(C)CC(C)CC(C)CC(C)c1ccc(S(=O)(=O)O)c(Oc2ccccc2)c1. The Morgan fingerprint density at radius 3 is 2.07 bits per heavy atom. The molecule has 3 atom stereocenters. The Bertz CT molecular complexity index is 875. The van der Waals surface area contributed by atoms with Crippen molar-refractivity contribution in [3.63, 3.8) is 0 Å². The van der Waals surface area contributed by atoms with E-state index in [1.807, 2.05) is 18.2 Å². The van der Waals surface area contributed by atoms with Crippen LogP contribution in [-0.4, -0.2) is 13.0 Å². The number of rotatable bonds is 10. The van der Waals surface area contributed by atoms with Crippen molar-refractivity contribution in [1.82, 2.24) is 0 Å². The second kappa shape index (κ2) is 10.3. The summed E-state index contributed by atoms with van der Waals surface area (Å²) in [6.45, 7) is 11.3. The molecule has 5 heteroatoms. The number of hydrogen-bond donors (Lipinski definition) is 1. The van der Waals surface area contributed by atoms with Crippen molar-refractivity contribution in [2.45, 2.75) is 64.7 Å². The van der Waals surface area contributed by atoms with Crippen LogP contribution in [0.3, 0.4) is 0 Å². The molecular formula is C24H34O4S. The predicted octanol–water partition coefficient (Wildman–Crippen LogP) is 6.93. The average molecular weight is 419 g/mol. The Morgan fingerprint density at radius 1 is 0.862 bits per heavy atom. The maximum atomic E-state index is 11.8. The fourth-order valence-corrected chi connectivity index (χ4v) is 4.76. The number of ether oxygens (including phenoxy) is 1. The lowest BCUT2D eigenvalue weighted by Crippen LogP contribution is -2.09. The van der Waals surface area contributed by atoms with Gasteiger partial charge in [0.25, 0.3) is 10.1 Å². The Kier molecular flexibility index (Phi) is 8.29. The molecule has 0 aliphatic rings. The first-order valence-corrected chi connectivity index (χ1v) is 11.8. The zero-order valence-electron chi connectivity index (χ0n) is 18.1. The lowest BCUT2D eigenvalue weighted by molar-refractivity contribution is 0.333. The highest BCUT2D eigenvalue weighted by molar-refractivity contribution is 7.86. The van der Waals surface area contributed by atoms with Crippen LogP contribution in [0.15, 0.2) is 53.4 Å². The topological polar surface area (TPSA) is 63.6 Å². The second-order valence-electron chi connectivity index (χ2n) is 8.81. The molecule has 0 aliphatic carbocycles. The molecule has 2 aromatic carbocycles. The van der Waals surface area contributed by atoms with E-state index in [0.717, 1.165) is 12.0 Å². The molecule has 0 saturated carbocycles. The van der Waals surface area contributed by atoms with Crippen molar-refractivity contribution in [2.75, 3.05) is 0 Å². The van der Waals surface area contributed by atoms with Crippen molar-refractivity contribution in [2.24, 2.45) is 17.8 Å². The van der Waals surface area contributed by atoms with Gasteiger partial charge in [-0.2, -0.15) is 8.42 Å². The largest absolute Gasteiger partial charge is 0.456 e. The fourth-order valence-electron chi connectivity index (χ4n) is 4.16. The van der Waals surface area contributed by atoms with Gasteiger partial charge in [-0.05, 0) is 72.8 Å². The molecule has 2 rings (SSSR count). The van der Waals surface area contributed by atoms with Crippen LogP contribution >= 0.6 is 0 Å². The van der Waals surface area contributed by atoms with Gasteiger partial charge in [0.15, 0.2) is 0 Å². The first-order valence-electron chi connectivity index (χ1n) is 10.4. The molecule has 0 fully saturated rings. The van der Waals surface area contributed by atoms with Crippen LogP contribution in [0.2, 0.25) is 0 Å². The highest BCUT2D eigenvalue weighted by atomic mass is 32.2. The molecule has 0 radical (unpaired) electrons. The van der Waals surface area contributed by atoms with Gasteiger partial charge in [0.05, 0.1) is 0 Å². The third-order valence-corrected chi connectivity index (χ3v) is 6.11. The molecule has 1 N–H and O–H groups in total. The summed E-state index contributed by atoms with van der Waals surface area (Å²) in [6.07, 6.45) is 3.42. The van der Waals surface area contributed by atoms with Crippen molar-refractivity contribution >= 4 is 10.1 Å². The number of para-hydroxylation sites is 1. The van der Waals surface area contributed by atoms with E-state index in [1.54, 1.807) is 24.3 Å². The standard InChI is InChI=1S/C24H34O4S/c1-17(2)13-18(3)14-19(4)15-20(5)21-11-12-24(29(25,26)27)23(16-21)28-22-9-7-6-8-10-22/h6-12,16-20H,13-15H2,1-5H3,(H,25,26,27). The van der Waals surface area contributed by atoms with Crippen molar-refractivity contribution < 1.29 is 17.7 Å². The van der Waals surface area contributed by atoms with Crippen LogP contribution in [0.25, 0.3) is 0 Å². The monoisotopic (exact) mass is 418 g/mol. The minimum atomic E-state index is -4.37. The number of hydrogen-bond acceptors (Lipinski definition) is 3. The summed E-state index contributed by atoms with van der Waals surface area (Å²) in [7, 11) is -4.37. The fraction of sp³-hybridized carbons (Fsp3) is 0.500. The van der Waals surface area contributed by atoms with Gasteiger partial charge in [0.1, 0.15) is 16.4 Å². The van der Waals surface area contributed by atoms with E-state index in [0.29, 0.717) is 23.5 Å². The lowest BCUT2D eigenvalue weighted by atomic mass is 9.84. The summed E-state index contributed by atoms with van der Waals surface area (Å²) in [5.41, 5.74) is 1.01. The molecule has 0 amide bonds. The first kappa shape index (κ1) is 23.4. The van der Waals surface area contributed by atoms with Gasteiger partial charge in [0.2, 0.25) is 0 Å². The van der Waals surface area contributed by atoms with Gasteiger partial charge in [-0.15, -0.1) is 0 Å². The van der Waals surface area contributed by atoms with Crippen LogP contribution in [0.5, 0.6) is 11.5 Å². The van der Waals surface area contributed by atoms with Crippen LogP contribution in [-0.2, 0) is 10.1 Å². The van der Waals surface area contributed by atoms with E-state index in [4.69, 9.17) is 4.74 Å². The molecule has 0 aliphatic heterocycles. The summed E-state index contributed by atoms with van der Waals surface area (Å²) >= 11 is 0. The minimum Gasteiger partial charge on any atom is -0.456 e. The molecule has 4 nitrogen and oxygen atoms in total. The molecular weight excluding hydrogens is 384 g/mol. The van der Waals surface area contributed by atoms with Gasteiger partial charge in [-0.3, -0.25) is 4.55 Å². The second-order valence-corrected chi connectivity index (χ2v) is 10.2. The Hall–Kier alpha value is -1.85. The normalized spacial score (nSPS) is 15.1. The van der Waals surface area contributed by atoms with Gasteiger partial charge in [-0.25, -0.2) is 0 Å². The van der Waals surface area contributed by atoms with Gasteiger partial charge in [0, 0.05) is 0 Å². The van der Waals surface area contributed by atoms with E-state index in [-0.39, 0.29) is 16.6 Å². The predicted molar refractivity (Wildman–Crippen MR) is 118 cm³/mol. The zero-order chi connectivity index (χ0) is 21.6. The molecule has 0 aromatic heterocycles. The molecule has 0 heterocycles. The smallest absolute Gasteiger partial charge is 0.298 e. The minimum absolute atomic E-state index is 0.156. The maximum absolute atomic E-state index is 11.8. The van der Waals surface area contributed by atoms with E-state index in [2.05, 4.69) is 34.6 Å². The summed E-state index contributed by atoms with van der Waals surface area (Å²) in [6, 6.07) is 13.9.